The predicted molar refractivity (Wildman–Crippen MR) is 123 cm³/mol. The van der Waals surface area contributed by atoms with Crippen LogP contribution < -0.4 is 0 Å². The number of aromatic amines is 1. The number of likely N-dealkylation sites (tertiary alicyclic amines) is 1. The van der Waals surface area contributed by atoms with E-state index in [1.54, 1.807) is 26.2 Å². The van der Waals surface area contributed by atoms with E-state index in [-0.39, 0.29) is 16.5 Å². The van der Waals surface area contributed by atoms with E-state index < -0.39 is 34.9 Å². The normalized spacial score (nSPS) is 23.5. The molecule has 1 aromatic carbocycles. The molecule has 3 aromatic heterocycles. The second-order valence-corrected chi connectivity index (χ2v) is 9.22. The van der Waals surface area contributed by atoms with Gasteiger partial charge >= 0.3 is 0 Å². The number of hydrogen-bond acceptors (Lipinski definition) is 4. The molecule has 5 nitrogen and oxygen atoms in total. The lowest BCUT2D eigenvalue weighted by molar-refractivity contribution is -0.118. The first-order chi connectivity index (χ1) is 16.3. The average Bonchev–Trinajstić information content (AvgIpc) is 3.19. The number of pyridine rings is 2. The summed E-state index contributed by atoms with van der Waals surface area (Å²) in [5.74, 6) is -3.12. The zero-order valence-corrected chi connectivity index (χ0v) is 18.9. The minimum Gasteiger partial charge on any atom is -0.384 e. The number of rotatable bonds is 4. The van der Waals surface area contributed by atoms with E-state index in [1.807, 2.05) is 12.1 Å². The first-order valence-corrected chi connectivity index (χ1v) is 11.2. The maximum absolute atomic E-state index is 15.5. The fourth-order valence-corrected chi connectivity index (χ4v) is 5.35. The fourth-order valence-electron chi connectivity index (χ4n) is 5.35. The Morgan fingerprint density at radius 2 is 1.76 bits per heavy atom. The molecule has 5 rings (SSSR count). The quantitative estimate of drug-likeness (QED) is 0.443. The Hall–Kier alpha value is -3.23. The van der Waals surface area contributed by atoms with Crippen LogP contribution in [0.4, 0.5) is 13.2 Å². The van der Waals surface area contributed by atoms with Crippen molar-refractivity contribution in [2.45, 2.75) is 26.0 Å². The Morgan fingerprint density at radius 3 is 2.41 bits per heavy atom. The van der Waals surface area contributed by atoms with Crippen molar-refractivity contribution in [2.24, 2.45) is 11.8 Å². The number of piperidine rings is 1. The van der Waals surface area contributed by atoms with Crippen molar-refractivity contribution in [1.29, 1.82) is 0 Å². The van der Waals surface area contributed by atoms with Crippen LogP contribution in [0.5, 0.6) is 0 Å². The second kappa shape index (κ2) is 8.52. The van der Waals surface area contributed by atoms with E-state index in [4.69, 9.17) is 0 Å². The van der Waals surface area contributed by atoms with Crippen LogP contribution in [0, 0.1) is 29.3 Å². The van der Waals surface area contributed by atoms with Crippen molar-refractivity contribution in [2.75, 3.05) is 13.1 Å². The highest BCUT2D eigenvalue weighted by atomic mass is 19.1. The van der Waals surface area contributed by atoms with Gasteiger partial charge in [-0.25, -0.2) is 18.2 Å². The lowest BCUT2D eigenvalue weighted by Gasteiger charge is -2.48. The van der Waals surface area contributed by atoms with Crippen LogP contribution in [0.1, 0.15) is 25.0 Å². The summed E-state index contributed by atoms with van der Waals surface area (Å²) in [7, 11) is 0. The highest BCUT2D eigenvalue weighted by Gasteiger charge is 2.48. The number of hydrogen-bond donors (Lipinski definition) is 2. The van der Waals surface area contributed by atoms with Gasteiger partial charge in [-0.1, -0.05) is 19.9 Å². The van der Waals surface area contributed by atoms with E-state index in [0.29, 0.717) is 30.8 Å². The lowest BCUT2D eigenvalue weighted by Crippen LogP contribution is -2.54. The molecule has 0 radical (unpaired) electrons. The number of aromatic nitrogens is 3. The molecule has 0 amide bonds. The minimum atomic E-state index is -1.69. The molecule has 3 atom stereocenters. The van der Waals surface area contributed by atoms with Gasteiger partial charge in [-0.05, 0) is 41.0 Å². The summed E-state index contributed by atoms with van der Waals surface area (Å²) in [4.78, 5) is 13.1. The number of fused-ring (bicyclic) bond motifs is 1. The molecule has 0 aliphatic carbocycles. The SMILES string of the molecule is C[C@@H]1CN(Cc2cccnc2)C[C@H](C)C1(O)c1c(F)cc(-c2ccnc3[nH]cc(F)c23)cc1F. The summed E-state index contributed by atoms with van der Waals surface area (Å²) in [5, 5.41) is 11.8. The molecule has 4 heterocycles. The van der Waals surface area contributed by atoms with Crippen LogP contribution in [-0.4, -0.2) is 38.0 Å². The van der Waals surface area contributed by atoms with Gasteiger partial charge in [0, 0.05) is 56.3 Å². The van der Waals surface area contributed by atoms with Gasteiger partial charge < -0.3 is 10.1 Å². The molecule has 0 bridgehead atoms. The fraction of sp³-hybridized carbons (Fsp3) is 0.308. The Bertz CT molecular complexity index is 1310. The number of benzene rings is 1. The van der Waals surface area contributed by atoms with Gasteiger partial charge in [0.25, 0.3) is 0 Å². The van der Waals surface area contributed by atoms with Gasteiger partial charge in [0.1, 0.15) is 22.9 Å². The highest BCUT2D eigenvalue weighted by molar-refractivity contribution is 5.93. The van der Waals surface area contributed by atoms with Crippen LogP contribution in [0.15, 0.2) is 55.1 Å². The molecule has 34 heavy (non-hydrogen) atoms. The summed E-state index contributed by atoms with van der Waals surface area (Å²) in [5.41, 5.74) is -0.186. The Labute approximate surface area is 195 Å². The van der Waals surface area contributed by atoms with Crippen molar-refractivity contribution in [1.82, 2.24) is 19.9 Å². The number of nitrogens with one attached hydrogen (secondary N) is 1. The molecule has 176 valence electrons. The summed E-state index contributed by atoms with van der Waals surface area (Å²) < 4.78 is 45.3. The number of aliphatic hydroxyl groups is 1. The van der Waals surface area contributed by atoms with Crippen molar-refractivity contribution in [3.63, 3.8) is 0 Å². The molecule has 2 N–H and O–H groups in total. The third kappa shape index (κ3) is 3.67. The molecule has 8 heteroatoms. The highest BCUT2D eigenvalue weighted by Crippen LogP contribution is 2.44. The summed E-state index contributed by atoms with van der Waals surface area (Å²) in [6.45, 7) is 5.19. The molecule has 1 saturated heterocycles. The molecule has 1 aliphatic heterocycles. The predicted octanol–water partition coefficient (Wildman–Crippen LogP) is 5.02. The third-order valence-electron chi connectivity index (χ3n) is 6.97. The third-order valence-corrected chi connectivity index (χ3v) is 6.97. The van der Waals surface area contributed by atoms with Crippen molar-refractivity contribution in [3.05, 3.63) is 83.7 Å². The van der Waals surface area contributed by atoms with Crippen LogP contribution in [0.2, 0.25) is 0 Å². The zero-order chi connectivity index (χ0) is 24.0. The van der Waals surface area contributed by atoms with Gasteiger partial charge in [-0.2, -0.15) is 0 Å². The standard InChI is InChI=1S/C26H25F3N4O/c1-15-12-33(14-17-4-3-6-30-10-17)13-16(2)26(15,34)24-20(27)8-18(9-21(24)28)19-5-7-31-25-23(19)22(29)11-32-25/h3-11,15-16,34H,12-14H2,1-2H3,(H,31,32)/t15-,16+,26?. The Kier molecular flexibility index (Phi) is 5.65. The molecular formula is C26H25F3N4O. The molecular weight excluding hydrogens is 441 g/mol. The van der Waals surface area contributed by atoms with Crippen LogP contribution in [-0.2, 0) is 12.1 Å². The van der Waals surface area contributed by atoms with Crippen molar-refractivity contribution >= 4 is 11.0 Å². The number of halogens is 3. The van der Waals surface area contributed by atoms with Gasteiger partial charge in [0.05, 0.1) is 10.9 Å². The maximum atomic E-state index is 15.5. The van der Waals surface area contributed by atoms with Crippen molar-refractivity contribution < 1.29 is 18.3 Å². The molecule has 1 fully saturated rings. The summed E-state index contributed by atoms with van der Waals surface area (Å²) in [6, 6.07) is 7.69. The topological polar surface area (TPSA) is 65.0 Å². The molecule has 0 spiro atoms. The largest absolute Gasteiger partial charge is 0.384 e. The van der Waals surface area contributed by atoms with E-state index in [9.17, 15) is 9.50 Å². The zero-order valence-electron chi connectivity index (χ0n) is 18.9. The molecule has 1 unspecified atom stereocenters. The first-order valence-electron chi connectivity index (χ1n) is 11.2. The number of H-pyrrole nitrogens is 1. The van der Waals surface area contributed by atoms with Crippen LogP contribution >= 0.6 is 0 Å². The number of nitrogens with zero attached hydrogens (tertiary/aromatic N) is 3. The van der Waals surface area contributed by atoms with E-state index in [2.05, 4.69) is 19.9 Å². The van der Waals surface area contributed by atoms with Crippen LogP contribution in [0.25, 0.3) is 22.2 Å². The monoisotopic (exact) mass is 466 g/mol. The van der Waals surface area contributed by atoms with E-state index in [1.165, 1.54) is 24.4 Å². The lowest BCUT2D eigenvalue weighted by atomic mass is 9.70. The Morgan fingerprint density at radius 1 is 1.06 bits per heavy atom. The van der Waals surface area contributed by atoms with Gasteiger partial charge in [-0.15, -0.1) is 0 Å². The van der Waals surface area contributed by atoms with Gasteiger partial charge in [0.2, 0.25) is 0 Å². The smallest absolute Gasteiger partial charge is 0.150 e. The van der Waals surface area contributed by atoms with Gasteiger partial charge in [0.15, 0.2) is 5.82 Å². The molecule has 0 saturated carbocycles. The molecule has 1 aliphatic rings. The van der Waals surface area contributed by atoms with E-state index >= 15 is 8.78 Å². The summed E-state index contributed by atoms with van der Waals surface area (Å²) in [6.07, 6.45) is 6.11. The van der Waals surface area contributed by atoms with Gasteiger partial charge in [-0.3, -0.25) is 9.88 Å². The second-order valence-electron chi connectivity index (χ2n) is 9.22. The van der Waals surface area contributed by atoms with Crippen LogP contribution in [0.3, 0.4) is 0 Å². The minimum absolute atomic E-state index is 0.165. The first kappa shape index (κ1) is 22.6. The Balaban J connectivity index is 1.49. The molecule has 4 aromatic rings. The van der Waals surface area contributed by atoms with Crippen molar-refractivity contribution in [3.8, 4) is 11.1 Å². The average molecular weight is 467 g/mol. The maximum Gasteiger partial charge on any atom is 0.150 e. The van der Waals surface area contributed by atoms with E-state index in [0.717, 1.165) is 11.8 Å². The summed E-state index contributed by atoms with van der Waals surface area (Å²) >= 11 is 0.